The van der Waals surface area contributed by atoms with E-state index < -0.39 is 0 Å². The molecule has 0 atom stereocenters. The summed E-state index contributed by atoms with van der Waals surface area (Å²) < 4.78 is 21.3. The fourth-order valence-electron chi connectivity index (χ4n) is 3.76. The van der Waals surface area contributed by atoms with Crippen LogP contribution >= 0.6 is 0 Å². The van der Waals surface area contributed by atoms with Crippen molar-refractivity contribution >= 4 is 22.8 Å². The lowest BCUT2D eigenvalue weighted by atomic mass is 10.1. The van der Waals surface area contributed by atoms with Crippen LogP contribution in [0.5, 0.6) is 23.0 Å². The van der Waals surface area contributed by atoms with Gasteiger partial charge in [-0.2, -0.15) is 0 Å². The number of nitrogens with zero attached hydrogens (tertiary/aromatic N) is 4. The molecular weight excluding hydrogens is 412 g/mol. The predicted molar refractivity (Wildman–Crippen MR) is 120 cm³/mol. The summed E-state index contributed by atoms with van der Waals surface area (Å²) in [5, 5.41) is 0.869. The van der Waals surface area contributed by atoms with Crippen LogP contribution in [0.4, 0.5) is 5.95 Å². The minimum absolute atomic E-state index is 0.0399. The van der Waals surface area contributed by atoms with Gasteiger partial charge in [0.1, 0.15) is 0 Å². The van der Waals surface area contributed by atoms with Gasteiger partial charge in [0.2, 0.25) is 5.95 Å². The van der Waals surface area contributed by atoms with Gasteiger partial charge in [-0.1, -0.05) is 0 Å². The molecule has 9 heteroatoms. The Hall–Kier alpha value is -3.75. The Bertz CT molecular complexity index is 1130. The van der Waals surface area contributed by atoms with Gasteiger partial charge in [-0.15, -0.1) is 0 Å². The zero-order valence-corrected chi connectivity index (χ0v) is 18.6. The molecule has 0 radical (unpaired) electrons. The van der Waals surface area contributed by atoms with Gasteiger partial charge < -0.3 is 28.7 Å². The second kappa shape index (κ2) is 9.17. The number of hydrogen-bond donors (Lipinski definition) is 0. The normalized spacial score (nSPS) is 13.8. The number of ether oxygens (including phenoxy) is 4. The van der Waals surface area contributed by atoms with Crippen LogP contribution < -0.4 is 23.8 Å². The molecule has 0 spiro atoms. The number of benzene rings is 2. The summed E-state index contributed by atoms with van der Waals surface area (Å²) in [6, 6.07) is 8.91. The predicted octanol–water partition coefficient (Wildman–Crippen LogP) is 2.63. The molecule has 1 aromatic heterocycles. The molecule has 9 nitrogen and oxygen atoms in total. The van der Waals surface area contributed by atoms with E-state index in [2.05, 4.69) is 9.88 Å². The maximum absolute atomic E-state index is 13.0. The number of amides is 1. The molecule has 1 saturated heterocycles. The Kier molecular flexibility index (Phi) is 6.16. The van der Waals surface area contributed by atoms with Crippen LogP contribution in [0.1, 0.15) is 10.4 Å². The molecule has 4 rings (SSSR count). The average molecular weight is 438 g/mol. The van der Waals surface area contributed by atoms with Gasteiger partial charge in [0, 0.05) is 49.4 Å². The highest BCUT2D eigenvalue weighted by atomic mass is 16.5. The summed E-state index contributed by atoms with van der Waals surface area (Å²) in [5.74, 6) is 2.98. The molecule has 0 aliphatic carbocycles. The van der Waals surface area contributed by atoms with E-state index in [-0.39, 0.29) is 5.91 Å². The molecule has 0 N–H and O–H groups in total. The van der Waals surface area contributed by atoms with E-state index in [4.69, 9.17) is 23.9 Å². The molecule has 1 fully saturated rings. The van der Waals surface area contributed by atoms with Crippen molar-refractivity contribution in [3.8, 4) is 23.0 Å². The Labute approximate surface area is 186 Å². The lowest BCUT2D eigenvalue weighted by molar-refractivity contribution is 0.0746. The van der Waals surface area contributed by atoms with E-state index in [0.29, 0.717) is 60.7 Å². The summed E-state index contributed by atoms with van der Waals surface area (Å²) in [5.41, 5.74) is 1.34. The van der Waals surface area contributed by atoms with E-state index in [1.807, 2.05) is 17.0 Å². The van der Waals surface area contributed by atoms with Crippen molar-refractivity contribution in [1.29, 1.82) is 0 Å². The first kappa shape index (κ1) is 21.5. The monoisotopic (exact) mass is 438 g/mol. The van der Waals surface area contributed by atoms with Crippen molar-refractivity contribution in [1.82, 2.24) is 14.9 Å². The van der Waals surface area contributed by atoms with Gasteiger partial charge in [-0.05, 0) is 24.3 Å². The molecule has 1 aliphatic heterocycles. The number of hydrogen-bond acceptors (Lipinski definition) is 8. The van der Waals surface area contributed by atoms with Crippen LogP contribution in [0.15, 0.2) is 36.5 Å². The fourth-order valence-corrected chi connectivity index (χ4v) is 3.76. The Morgan fingerprint density at radius 2 is 1.44 bits per heavy atom. The van der Waals surface area contributed by atoms with E-state index >= 15 is 0 Å². The van der Waals surface area contributed by atoms with Crippen LogP contribution in [0.25, 0.3) is 10.9 Å². The van der Waals surface area contributed by atoms with Gasteiger partial charge in [0.05, 0.1) is 34.0 Å². The third-order valence-corrected chi connectivity index (χ3v) is 5.55. The van der Waals surface area contributed by atoms with Crippen LogP contribution in [0.3, 0.4) is 0 Å². The first-order valence-electron chi connectivity index (χ1n) is 10.2. The number of anilines is 1. The van der Waals surface area contributed by atoms with Crippen molar-refractivity contribution in [2.75, 3.05) is 59.5 Å². The molecule has 0 bridgehead atoms. The summed E-state index contributed by atoms with van der Waals surface area (Å²) in [6.45, 7) is 2.41. The summed E-state index contributed by atoms with van der Waals surface area (Å²) in [4.78, 5) is 26.1. The van der Waals surface area contributed by atoms with Crippen LogP contribution in [-0.2, 0) is 0 Å². The average Bonchev–Trinajstić information content (AvgIpc) is 2.86. The van der Waals surface area contributed by atoms with Crippen molar-refractivity contribution in [3.05, 3.63) is 42.1 Å². The lowest BCUT2D eigenvalue weighted by Crippen LogP contribution is -2.49. The summed E-state index contributed by atoms with van der Waals surface area (Å²) in [7, 11) is 6.32. The van der Waals surface area contributed by atoms with Crippen molar-refractivity contribution in [3.63, 3.8) is 0 Å². The smallest absolute Gasteiger partial charge is 0.254 e. The topological polar surface area (TPSA) is 86.3 Å². The number of rotatable bonds is 6. The van der Waals surface area contributed by atoms with Gasteiger partial charge in [-0.25, -0.2) is 9.97 Å². The van der Waals surface area contributed by atoms with Crippen molar-refractivity contribution in [2.45, 2.75) is 0 Å². The molecule has 1 amide bonds. The van der Waals surface area contributed by atoms with Gasteiger partial charge in [-0.3, -0.25) is 4.79 Å². The van der Waals surface area contributed by atoms with E-state index in [1.165, 1.54) is 0 Å². The Morgan fingerprint density at radius 3 is 2.09 bits per heavy atom. The highest BCUT2D eigenvalue weighted by Crippen LogP contribution is 2.32. The number of carbonyl (C=O) groups excluding carboxylic acids is 1. The van der Waals surface area contributed by atoms with Gasteiger partial charge in [0.25, 0.3) is 5.91 Å². The number of carbonyl (C=O) groups is 1. The highest BCUT2D eigenvalue weighted by Gasteiger charge is 2.24. The first-order valence-corrected chi connectivity index (χ1v) is 10.2. The van der Waals surface area contributed by atoms with Gasteiger partial charge in [0.15, 0.2) is 23.0 Å². The Morgan fingerprint density at radius 1 is 0.812 bits per heavy atom. The molecule has 2 heterocycles. The minimum atomic E-state index is -0.0399. The summed E-state index contributed by atoms with van der Waals surface area (Å²) in [6.07, 6.45) is 1.78. The maximum atomic E-state index is 13.0. The second-order valence-electron chi connectivity index (χ2n) is 7.29. The molecule has 32 heavy (non-hydrogen) atoms. The largest absolute Gasteiger partial charge is 0.493 e. The van der Waals surface area contributed by atoms with Crippen molar-refractivity contribution in [2.24, 2.45) is 0 Å². The zero-order valence-electron chi connectivity index (χ0n) is 18.6. The third kappa shape index (κ3) is 4.05. The lowest BCUT2D eigenvalue weighted by Gasteiger charge is -2.34. The van der Waals surface area contributed by atoms with Crippen LogP contribution in [-0.4, -0.2) is 75.4 Å². The molecule has 0 saturated carbocycles. The quantitative estimate of drug-likeness (QED) is 0.581. The van der Waals surface area contributed by atoms with E-state index in [9.17, 15) is 4.79 Å². The highest BCUT2D eigenvalue weighted by molar-refractivity contribution is 5.95. The number of fused-ring (bicyclic) bond motifs is 1. The number of aromatic nitrogens is 2. The van der Waals surface area contributed by atoms with E-state index in [1.54, 1.807) is 52.8 Å². The molecule has 0 unspecified atom stereocenters. The maximum Gasteiger partial charge on any atom is 0.254 e. The molecule has 2 aromatic carbocycles. The number of methoxy groups -OCH3 is 4. The first-order chi connectivity index (χ1) is 15.6. The fraction of sp³-hybridized carbons (Fsp3) is 0.348. The SMILES string of the molecule is COc1ccc(C(=O)N2CCN(c3ncc4cc(OC)c(OC)cc4n3)CC2)cc1OC. The van der Waals surface area contributed by atoms with Crippen molar-refractivity contribution < 1.29 is 23.7 Å². The second-order valence-corrected chi connectivity index (χ2v) is 7.29. The Balaban J connectivity index is 1.47. The van der Waals surface area contributed by atoms with E-state index in [0.717, 1.165) is 10.9 Å². The minimum Gasteiger partial charge on any atom is -0.493 e. The van der Waals surface area contributed by atoms with Crippen LogP contribution in [0, 0.1) is 0 Å². The number of piperazine rings is 1. The summed E-state index contributed by atoms with van der Waals surface area (Å²) >= 11 is 0. The zero-order chi connectivity index (χ0) is 22.7. The van der Waals surface area contributed by atoms with Gasteiger partial charge >= 0.3 is 0 Å². The molecule has 1 aliphatic rings. The standard InChI is InChI=1S/C23H26N4O5/c1-29-18-6-5-15(11-19(18)30-2)22(28)26-7-9-27(10-8-26)23-24-14-16-12-20(31-3)21(32-4)13-17(16)25-23/h5-6,11-14H,7-10H2,1-4H3. The molecule has 3 aromatic rings. The molecular formula is C23H26N4O5. The third-order valence-electron chi connectivity index (χ3n) is 5.55. The van der Waals surface area contributed by atoms with Crippen LogP contribution in [0.2, 0.25) is 0 Å². The molecule has 168 valence electrons.